The molecular weight excluding hydrogens is 564 g/mol. The van der Waals surface area contributed by atoms with Gasteiger partial charge in [0.05, 0.1) is 62.1 Å². The maximum Gasteiger partial charge on any atom is 0.256 e. The molecule has 4 unspecified atom stereocenters. The Bertz CT molecular complexity index is 1390. The van der Waals surface area contributed by atoms with E-state index in [1.54, 1.807) is 12.1 Å². The van der Waals surface area contributed by atoms with Crippen molar-refractivity contribution in [2.45, 2.75) is 43.6 Å². The van der Waals surface area contributed by atoms with E-state index in [-0.39, 0.29) is 73.9 Å². The number of anilines is 2. The number of aliphatic hydroxyl groups is 2. The molecule has 0 spiro atoms. The van der Waals surface area contributed by atoms with E-state index in [0.717, 1.165) is 0 Å². The van der Waals surface area contributed by atoms with Crippen LogP contribution in [0.1, 0.15) is 40.0 Å². The zero-order valence-electron chi connectivity index (χ0n) is 23.6. The molecule has 4 N–H and O–H groups in total. The van der Waals surface area contributed by atoms with E-state index in [0.29, 0.717) is 40.8 Å². The van der Waals surface area contributed by atoms with Gasteiger partial charge in [0, 0.05) is 44.5 Å². The van der Waals surface area contributed by atoms with Gasteiger partial charge in [0.2, 0.25) is 11.8 Å². The lowest BCUT2D eigenvalue weighted by molar-refractivity contribution is -0.120. The third-order valence-electron chi connectivity index (χ3n) is 8.07. The van der Waals surface area contributed by atoms with Crippen LogP contribution in [-0.2, 0) is 9.59 Å². The minimum Gasteiger partial charge on any atom is -0.493 e. The lowest BCUT2D eigenvalue weighted by Gasteiger charge is -2.20. The molecule has 2 saturated heterocycles. The van der Waals surface area contributed by atoms with Crippen LogP contribution in [0.3, 0.4) is 0 Å². The molecule has 4 aliphatic rings. The summed E-state index contributed by atoms with van der Waals surface area (Å²) in [6, 6.07) is 4.62. The second kappa shape index (κ2) is 11.3. The summed E-state index contributed by atoms with van der Waals surface area (Å²) in [5.41, 5.74) is 1.09. The van der Waals surface area contributed by atoms with Crippen molar-refractivity contribution < 1.29 is 48.3 Å². The Morgan fingerprint density at radius 3 is 1.51 bits per heavy atom. The van der Waals surface area contributed by atoms with Crippen molar-refractivity contribution in [1.29, 1.82) is 0 Å². The highest BCUT2D eigenvalue weighted by Gasteiger charge is 2.44. The molecule has 2 aromatic rings. The molecule has 14 heteroatoms. The molecule has 4 heterocycles. The number of fused-ring (bicyclic) bond motifs is 4. The number of rotatable bonds is 8. The number of amides is 4. The van der Waals surface area contributed by atoms with Crippen molar-refractivity contribution in [3.05, 3.63) is 35.4 Å². The van der Waals surface area contributed by atoms with Gasteiger partial charge >= 0.3 is 0 Å². The second-order valence-electron chi connectivity index (χ2n) is 10.9. The standard InChI is InChI=1S/C29H32N4O10/c1-40-22-8-16-18(30-26(36)20-6-14(34)12-32(20)28(16)38)10-24(22)42-4-3-5-43-25-11-19-17(9-23(25)41-2)29(39)33-13-15(35)7-21(33)27(37)31-19/h8-11,14-15,20-21,34-35H,3-7,12-13H2,1-2H3,(H,30,36)(H,31,37). The fourth-order valence-electron chi connectivity index (χ4n) is 5.96. The number of carbonyl (C=O) groups is 4. The number of benzene rings is 2. The normalized spacial score (nSPS) is 24.2. The number of hydrogen-bond acceptors (Lipinski definition) is 10. The molecule has 0 radical (unpaired) electrons. The SMILES string of the molecule is COc1cc2c(cc1OCCCOc1cc3c(cc1OC)C(=O)N1CC(O)CC1C(=O)N3)NC(=O)C1CC(O)CN1C2=O. The first kappa shape index (κ1) is 28.6. The average Bonchev–Trinajstić information content (AvgIpc) is 3.54. The molecule has 4 aliphatic heterocycles. The van der Waals surface area contributed by atoms with Gasteiger partial charge in [-0.15, -0.1) is 0 Å². The summed E-state index contributed by atoms with van der Waals surface area (Å²) in [7, 11) is 2.89. The van der Waals surface area contributed by atoms with E-state index < -0.39 is 24.3 Å². The smallest absolute Gasteiger partial charge is 0.256 e. The first-order valence-electron chi connectivity index (χ1n) is 14.0. The Kier molecular flexibility index (Phi) is 7.48. The Morgan fingerprint density at radius 2 is 1.12 bits per heavy atom. The van der Waals surface area contributed by atoms with Crippen molar-refractivity contribution in [2.75, 3.05) is 51.2 Å². The molecule has 4 amide bonds. The third kappa shape index (κ3) is 5.16. The van der Waals surface area contributed by atoms with Crippen LogP contribution in [0.25, 0.3) is 0 Å². The topological polar surface area (TPSA) is 176 Å². The fourth-order valence-corrected chi connectivity index (χ4v) is 5.96. The van der Waals surface area contributed by atoms with Crippen molar-refractivity contribution >= 4 is 35.0 Å². The first-order valence-corrected chi connectivity index (χ1v) is 14.0. The van der Waals surface area contributed by atoms with Crippen molar-refractivity contribution in [2.24, 2.45) is 0 Å². The molecule has 0 saturated carbocycles. The number of nitrogens with one attached hydrogen (secondary N) is 2. The van der Waals surface area contributed by atoms with E-state index in [1.807, 2.05) is 0 Å². The summed E-state index contributed by atoms with van der Waals surface area (Å²) in [5.74, 6) is -0.241. The molecule has 43 heavy (non-hydrogen) atoms. The predicted octanol–water partition coefficient (Wildman–Crippen LogP) is 0.607. The third-order valence-corrected chi connectivity index (χ3v) is 8.07. The number of methoxy groups -OCH3 is 2. The van der Waals surface area contributed by atoms with E-state index in [2.05, 4.69) is 10.6 Å². The quantitative estimate of drug-likeness (QED) is 0.316. The Labute approximate surface area is 246 Å². The van der Waals surface area contributed by atoms with E-state index in [9.17, 15) is 29.4 Å². The summed E-state index contributed by atoms with van der Waals surface area (Å²) in [5, 5.41) is 25.5. The monoisotopic (exact) mass is 596 g/mol. The lowest BCUT2D eigenvalue weighted by atomic mass is 10.1. The van der Waals surface area contributed by atoms with Gasteiger partial charge in [-0.3, -0.25) is 19.2 Å². The minimum atomic E-state index is -0.757. The summed E-state index contributed by atoms with van der Waals surface area (Å²) in [6.45, 7) is 0.550. The van der Waals surface area contributed by atoms with Gasteiger partial charge in [-0.25, -0.2) is 0 Å². The molecule has 0 aliphatic carbocycles. The highest BCUT2D eigenvalue weighted by Crippen LogP contribution is 2.39. The fraction of sp³-hybridized carbons (Fsp3) is 0.448. The molecule has 2 aromatic carbocycles. The Balaban J connectivity index is 1.11. The van der Waals surface area contributed by atoms with Gasteiger partial charge < -0.3 is 49.6 Å². The molecule has 4 atom stereocenters. The molecule has 0 aromatic heterocycles. The van der Waals surface area contributed by atoms with Crippen molar-refractivity contribution in [1.82, 2.24) is 9.80 Å². The van der Waals surface area contributed by atoms with Crippen LogP contribution in [0.5, 0.6) is 23.0 Å². The zero-order valence-corrected chi connectivity index (χ0v) is 23.6. The number of hydrogen-bond donors (Lipinski definition) is 4. The average molecular weight is 597 g/mol. The first-order chi connectivity index (χ1) is 20.7. The van der Waals surface area contributed by atoms with Crippen LogP contribution in [-0.4, -0.2) is 108 Å². The molecular formula is C29H32N4O10. The zero-order chi connectivity index (χ0) is 30.4. The molecule has 6 rings (SSSR count). The number of carbonyl (C=O) groups excluding carboxylic acids is 4. The highest BCUT2D eigenvalue weighted by atomic mass is 16.5. The lowest BCUT2D eigenvalue weighted by Crippen LogP contribution is -2.40. The highest BCUT2D eigenvalue weighted by molar-refractivity contribution is 6.11. The number of aliphatic hydroxyl groups excluding tert-OH is 2. The van der Waals surface area contributed by atoms with Crippen LogP contribution in [0.4, 0.5) is 11.4 Å². The summed E-state index contributed by atoms with van der Waals surface area (Å²) in [4.78, 5) is 54.5. The van der Waals surface area contributed by atoms with Gasteiger partial charge in [-0.05, 0) is 12.1 Å². The van der Waals surface area contributed by atoms with Crippen molar-refractivity contribution in [3.8, 4) is 23.0 Å². The second-order valence-corrected chi connectivity index (χ2v) is 10.9. The van der Waals surface area contributed by atoms with Crippen LogP contribution < -0.4 is 29.6 Å². The predicted molar refractivity (Wildman–Crippen MR) is 150 cm³/mol. The summed E-state index contributed by atoms with van der Waals surface area (Å²) < 4.78 is 22.7. The van der Waals surface area contributed by atoms with Crippen LogP contribution in [0, 0.1) is 0 Å². The van der Waals surface area contributed by atoms with E-state index in [4.69, 9.17) is 18.9 Å². The van der Waals surface area contributed by atoms with Gasteiger partial charge in [-0.1, -0.05) is 0 Å². The number of nitrogens with zero attached hydrogens (tertiary/aromatic N) is 2. The van der Waals surface area contributed by atoms with Crippen LogP contribution >= 0.6 is 0 Å². The molecule has 228 valence electrons. The van der Waals surface area contributed by atoms with Crippen LogP contribution in [0.2, 0.25) is 0 Å². The Morgan fingerprint density at radius 1 is 0.698 bits per heavy atom. The number of ether oxygens (including phenoxy) is 4. The van der Waals surface area contributed by atoms with E-state index >= 15 is 0 Å². The van der Waals surface area contributed by atoms with Gasteiger partial charge in [0.25, 0.3) is 11.8 Å². The van der Waals surface area contributed by atoms with Gasteiger partial charge in [0.1, 0.15) is 12.1 Å². The van der Waals surface area contributed by atoms with E-state index in [1.165, 1.54) is 36.2 Å². The maximum absolute atomic E-state index is 13.1. The molecule has 14 nitrogen and oxygen atoms in total. The van der Waals surface area contributed by atoms with Crippen LogP contribution in [0.15, 0.2) is 24.3 Å². The van der Waals surface area contributed by atoms with Gasteiger partial charge in [-0.2, -0.15) is 0 Å². The minimum absolute atomic E-state index is 0.0811. The maximum atomic E-state index is 13.1. The largest absolute Gasteiger partial charge is 0.493 e. The van der Waals surface area contributed by atoms with Crippen molar-refractivity contribution in [3.63, 3.8) is 0 Å². The molecule has 0 bridgehead atoms. The summed E-state index contributed by atoms with van der Waals surface area (Å²) >= 11 is 0. The molecule has 2 fully saturated rings. The summed E-state index contributed by atoms with van der Waals surface area (Å²) in [6.07, 6.45) is -0.751. The van der Waals surface area contributed by atoms with Gasteiger partial charge in [0.15, 0.2) is 23.0 Å². The Hall–Kier alpha value is -4.56.